The molecule has 5 N–H and O–H groups in total. The van der Waals surface area contributed by atoms with E-state index in [9.17, 15) is 5.11 Å². The molecule has 0 bridgehead atoms. The van der Waals surface area contributed by atoms with Crippen molar-refractivity contribution in [3.63, 3.8) is 0 Å². The van der Waals surface area contributed by atoms with Crippen LogP contribution < -0.4 is 21.6 Å². The molecule has 146 valence electrons. The Hall–Kier alpha value is -3.11. The lowest BCUT2D eigenvalue weighted by Crippen LogP contribution is -2.31. The van der Waals surface area contributed by atoms with E-state index < -0.39 is 0 Å². The van der Waals surface area contributed by atoms with Crippen LogP contribution in [-0.4, -0.2) is 40.0 Å². The fourth-order valence-corrected chi connectivity index (χ4v) is 2.23. The minimum atomic E-state index is 0.135. The van der Waals surface area contributed by atoms with Crippen molar-refractivity contribution in [3.8, 4) is 5.75 Å². The third kappa shape index (κ3) is 5.96. The molecular formula is C18H21N7OS2. The zero-order valence-corrected chi connectivity index (χ0v) is 17.3. The molecule has 0 saturated heterocycles. The van der Waals surface area contributed by atoms with Gasteiger partial charge < -0.3 is 10.4 Å². The van der Waals surface area contributed by atoms with Crippen molar-refractivity contribution < 1.29 is 5.11 Å². The molecule has 28 heavy (non-hydrogen) atoms. The maximum absolute atomic E-state index is 10.1. The zero-order valence-electron chi connectivity index (χ0n) is 15.6. The molecule has 0 amide bonds. The van der Waals surface area contributed by atoms with Crippen LogP contribution in [0.2, 0.25) is 0 Å². The van der Waals surface area contributed by atoms with Crippen LogP contribution in [0, 0.1) is 0 Å². The molecular weight excluding hydrogens is 394 g/mol. The van der Waals surface area contributed by atoms with Gasteiger partial charge in [-0.25, -0.2) is 0 Å². The van der Waals surface area contributed by atoms with Crippen LogP contribution in [0.3, 0.4) is 0 Å². The van der Waals surface area contributed by atoms with E-state index >= 15 is 0 Å². The van der Waals surface area contributed by atoms with E-state index in [2.05, 4.69) is 36.9 Å². The average Bonchev–Trinajstić information content (AvgIpc) is 2.71. The Labute approximate surface area is 173 Å². The molecule has 2 rings (SSSR count). The minimum absolute atomic E-state index is 0.135. The molecule has 0 aliphatic heterocycles. The van der Waals surface area contributed by atoms with E-state index in [1.807, 2.05) is 30.3 Å². The molecule has 0 aliphatic rings. The SMILES string of the molecule is CNC(=S)N/N=C(C)/C(C)=N/NC(=S)N/N=C/c1c(O)ccc2ccccc12. The van der Waals surface area contributed by atoms with Gasteiger partial charge in [-0.3, -0.25) is 16.3 Å². The number of aromatic hydroxyl groups is 1. The van der Waals surface area contributed by atoms with Crippen molar-refractivity contribution in [2.45, 2.75) is 13.8 Å². The number of thiocarbonyl (C=S) groups is 2. The topological polar surface area (TPSA) is 105 Å². The molecule has 0 radical (unpaired) electrons. The summed E-state index contributed by atoms with van der Waals surface area (Å²) < 4.78 is 0. The van der Waals surface area contributed by atoms with Crippen LogP contribution in [0.4, 0.5) is 0 Å². The Kier molecular flexibility index (Phi) is 7.78. The molecule has 10 heteroatoms. The first-order valence-corrected chi connectivity index (χ1v) is 9.10. The first-order valence-electron chi connectivity index (χ1n) is 8.28. The first-order chi connectivity index (χ1) is 13.4. The molecule has 8 nitrogen and oxygen atoms in total. The van der Waals surface area contributed by atoms with E-state index in [1.54, 1.807) is 27.0 Å². The minimum Gasteiger partial charge on any atom is -0.507 e. The van der Waals surface area contributed by atoms with E-state index in [1.165, 1.54) is 6.21 Å². The zero-order chi connectivity index (χ0) is 20.5. The maximum atomic E-state index is 10.1. The van der Waals surface area contributed by atoms with Gasteiger partial charge in [0, 0.05) is 12.6 Å². The second-order valence-corrected chi connectivity index (χ2v) is 6.43. The lowest BCUT2D eigenvalue weighted by molar-refractivity contribution is 0.475. The number of nitrogens with zero attached hydrogens (tertiary/aromatic N) is 3. The fraction of sp³-hybridized carbons (Fsp3) is 0.167. The summed E-state index contributed by atoms with van der Waals surface area (Å²) in [6.45, 7) is 3.56. The summed E-state index contributed by atoms with van der Waals surface area (Å²) in [6.07, 6.45) is 1.51. The number of phenolic OH excluding ortho intramolecular Hbond substituents is 1. The molecule has 2 aromatic carbocycles. The van der Waals surface area contributed by atoms with Crippen molar-refractivity contribution in [1.82, 2.24) is 21.6 Å². The van der Waals surface area contributed by atoms with Crippen molar-refractivity contribution in [3.05, 3.63) is 42.0 Å². The smallest absolute Gasteiger partial charge is 0.207 e. The number of hydrazone groups is 3. The van der Waals surface area contributed by atoms with Gasteiger partial charge in [0.05, 0.1) is 17.6 Å². The summed E-state index contributed by atoms with van der Waals surface area (Å²) in [7, 11) is 1.70. The molecule has 0 unspecified atom stereocenters. The van der Waals surface area contributed by atoms with Gasteiger partial charge in [-0.05, 0) is 55.1 Å². The maximum Gasteiger partial charge on any atom is 0.207 e. The number of rotatable bonds is 5. The third-order valence-electron chi connectivity index (χ3n) is 3.71. The summed E-state index contributed by atoms with van der Waals surface area (Å²) >= 11 is 10.1. The van der Waals surface area contributed by atoms with Gasteiger partial charge in [0.25, 0.3) is 0 Å². The average molecular weight is 416 g/mol. The Balaban J connectivity index is 1.97. The first kappa shape index (κ1) is 21.2. The molecule has 0 fully saturated rings. The van der Waals surface area contributed by atoms with Gasteiger partial charge in [-0.15, -0.1) is 0 Å². The van der Waals surface area contributed by atoms with Gasteiger partial charge in [-0.2, -0.15) is 15.3 Å². The van der Waals surface area contributed by atoms with Crippen LogP contribution in [0.15, 0.2) is 51.7 Å². The van der Waals surface area contributed by atoms with E-state index in [-0.39, 0.29) is 10.9 Å². The summed E-state index contributed by atoms with van der Waals surface area (Å²) in [4.78, 5) is 0. The van der Waals surface area contributed by atoms with Crippen LogP contribution in [0.25, 0.3) is 10.8 Å². The van der Waals surface area contributed by atoms with Crippen LogP contribution in [0.1, 0.15) is 19.4 Å². The normalized spacial score (nSPS) is 12.1. The number of hydrogen-bond acceptors (Lipinski definition) is 6. The standard InChI is InChI=1S/C18H21N7OS2/c1-11(21-24-17(27)19-3)12(2)22-25-18(28)23-20-10-15-14-7-5-4-6-13(14)8-9-16(15)26/h4-10,26H,1-3H3,(H2,19,24,27)(H2,23,25,28)/b20-10+,21-11+,22-12+. The molecule has 0 heterocycles. The molecule has 0 aromatic heterocycles. The summed E-state index contributed by atoms with van der Waals surface area (Å²) in [6, 6.07) is 11.2. The quantitative estimate of drug-likeness (QED) is 0.290. The molecule has 0 atom stereocenters. The van der Waals surface area contributed by atoms with Crippen LogP contribution >= 0.6 is 24.4 Å². The Morgan fingerprint density at radius 2 is 1.57 bits per heavy atom. The van der Waals surface area contributed by atoms with E-state index in [4.69, 9.17) is 24.4 Å². The van der Waals surface area contributed by atoms with Gasteiger partial charge >= 0.3 is 0 Å². The van der Waals surface area contributed by atoms with Crippen molar-refractivity contribution in [1.29, 1.82) is 0 Å². The second kappa shape index (κ2) is 10.3. The summed E-state index contributed by atoms with van der Waals surface area (Å²) in [5.41, 5.74) is 9.87. The van der Waals surface area contributed by atoms with E-state index in [0.717, 1.165) is 10.8 Å². The monoisotopic (exact) mass is 415 g/mol. The Bertz CT molecular complexity index is 970. The predicted molar refractivity (Wildman–Crippen MR) is 123 cm³/mol. The van der Waals surface area contributed by atoms with Gasteiger partial charge in [0.1, 0.15) is 5.75 Å². The summed E-state index contributed by atoms with van der Waals surface area (Å²) in [5, 5.41) is 27.6. The van der Waals surface area contributed by atoms with Gasteiger partial charge in [0.2, 0.25) is 5.11 Å². The Morgan fingerprint density at radius 3 is 2.25 bits per heavy atom. The molecule has 2 aromatic rings. The van der Waals surface area contributed by atoms with Crippen molar-refractivity contribution >= 4 is 63.1 Å². The highest BCUT2D eigenvalue weighted by molar-refractivity contribution is 7.80. The van der Waals surface area contributed by atoms with Crippen LogP contribution in [-0.2, 0) is 0 Å². The number of phenols is 1. The molecule has 0 saturated carbocycles. The molecule has 0 spiro atoms. The highest BCUT2D eigenvalue weighted by atomic mass is 32.1. The summed E-state index contributed by atoms with van der Waals surface area (Å²) in [5.74, 6) is 0.135. The lowest BCUT2D eigenvalue weighted by Gasteiger charge is -2.06. The fourth-order valence-electron chi connectivity index (χ4n) is 2.09. The third-order valence-corrected chi connectivity index (χ3v) is 4.19. The largest absolute Gasteiger partial charge is 0.507 e. The predicted octanol–water partition coefficient (Wildman–Crippen LogP) is 2.19. The van der Waals surface area contributed by atoms with Gasteiger partial charge in [0.15, 0.2) is 5.11 Å². The number of nitrogens with one attached hydrogen (secondary N) is 4. The number of hydrogen-bond donors (Lipinski definition) is 5. The Morgan fingerprint density at radius 1 is 0.929 bits per heavy atom. The highest BCUT2D eigenvalue weighted by Gasteiger charge is 2.04. The van der Waals surface area contributed by atoms with Gasteiger partial charge in [-0.1, -0.05) is 30.3 Å². The number of benzene rings is 2. The lowest BCUT2D eigenvalue weighted by atomic mass is 10.0. The second-order valence-electron chi connectivity index (χ2n) is 5.62. The van der Waals surface area contributed by atoms with Crippen LogP contribution in [0.5, 0.6) is 5.75 Å². The van der Waals surface area contributed by atoms with E-state index in [0.29, 0.717) is 22.1 Å². The van der Waals surface area contributed by atoms with Crippen molar-refractivity contribution in [2.75, 3.05) is 7.05 Å². The number of fused-ring (bicyclic) bond motifs is 1. The highest BCUT2D eigenvalue weighted by Crippen LogP contribution is 2.25. The molecule has 0 aliphatic carbocycles. The van der Waals surface area contributed by atoms with Crippen molar-refractivity contribution in [2.24, 2.45) is 15.3 Å².